The molecule has 2 aromatic carbocycles. The number of likely N-dealkylation sites (tertiary alicyclic amines) is 1. The van der Waals surface area contributed by atoms with Crippen LogP contribution in [-0.2, 0) is 6.54 Å². The number of rotatable bonds is 7. The number of benzene rings is 2. The molecule has 1 aliphatic heterocycles. The van der Waals surface area contributed by atoms with Crippen LogP contribution >= 0.6 is 11.8 Å². The van der Waals surface area contributed by atoms with Crippen LogP contribution < -0.4 is 0 Å². The summed E-state index contributed by atoms with van der Waals surface area (Å²) in [5, 5.41) is 18.1. The van der Waals surface area contributed by atoms with Gasteiger partial charge in [-0.15, -0.1) is 20.4 Å². The van der Waals surface area contributed by atoms with Crippen LogP contribution in [-0.4, -0.2) is 43.0 Å². The van der Waals surface area contributed by atoms with Crippen LogP contribution in [0, 0.1) is 12.7 Å². The number of hydrogen-bond donors (Lipinski definition) is 0. The summed E-state index contributed by atoms with van der Waals surface area (Å²) in [6.45, 7) is 6.86. The average molecular weight is 479 g/mol. The smallest absolute Gasteiger partial charge is 0.247 e. The van der Waals surface area contributed by atoms with Gasteiger partial charge in [-0.3, -0.25) is 9.47 Å². The Hall–Kier alpha value is -3.04. The van der Waals surface area contributed by atoms with Gasteiger partial charge < -0.3 is 4.42 Å². The van der Waals surface area contributed by atoms with Crippen LogP contribution in [0.25, 0.3) is 17.1 Å². The molecule has 0 aliphatic carbocycles. The molecular formula is C25H27FN6OS. The van der Waals surface area contributed by atoms with Crippen molar-refractivity contribution in [3.05, 3.63) is 71.6 Å². The number of piperidine rings is 1. The summed E-state index contributed by atoms with van der Waals surface area (Å²) in [6.07, 6.45) is 3.67. The Labute approximate surface area is 202 Å². The van der Waals surface area contributed by atoms with Gasteiger partial charge >= 0.3 is 0 Å². The molecule has 9 heteroatoms. The molecule has 0 amide bonds. The fraction of sp³-hybridized carbons (Fsp3) is 0.360. The lowest BCUT2D eigenvalue weighted by molar-refractivity contribution is 0.214. The van der Waals surface area contributed by atoms with Crippen LogP contribution in [0.1, 0.15) is 48.7 Å². The van der Waals surface area contributed by atoms with E-state index in [0.717, 1.165) is 30.2 Å². The van der Waals surface area contributed by atoms with E-state index in [4.69, 9.17) is 4.42 Å². The Morgan fingerprint density at radius 3 is 2.41 bits per heavy atom. The molecule has 0 saturated carbocycles. The minimum absolute atomic E-state index is 0.141. The second-order valence-corrected chi connectivity index (χ2v) is 9.93. The zero-order chi connectivity index (χ0) is 23.5. The molecule has 4 aromatic rings. The van der Waals surface area contributed by atoms with Gasteiger partial charge in [0.2, 0.25) is 11.8 Å². The number of hydrogen-bond acceptors (Lipinski definition) is 7. The minimum Gasteiger partial charge on any atom is -0.419 e. The number of aromatic nitrogens is 5. The summed E-state index contributed by atoms with van der Waals surface area (Å²) in [4.78, 5) is 2.40. The molecule has 1 fully saturated rings. The summed E-state index contributed by atoms with van der Waals surface area (Å²) in [6, 6.07) is 14.4. The first-order valence-corrected chi connectivity index (χ1v) is 12.4. The van der Waals surface area contributed by atoms with Gasteiger partial charge in [-0.25, -0.2) is 4.39 Å². The molecule has 2 aromatic heterocycles. The maximum Gasteiger partial charge on any atom is 0.247 e. The van der Waals surface area contributed by atoms with Crippen molar-refractivity contribution < 1.29 is 8.81 Å². The first-order chi connectivity index (χ1) is 16.6. The molecule has 0 bridgehead atoms. The van der Waals surface area contributed by atoms with Crippen molar-refractivity contribution in [2.45, 2.75) is 50.1 Å². The largest absolute Gasteiger partial charge is 0.419 e. The summed E-state index contributed by atoms with van der Waals surface area (Å²) < 4.78 is 21.6. The maximum absolute atomic E-state index is 13.6. The highest BCUT2D eigenvalue weighted by molar-refractivity contribution is 7.99. The molecule has 5 rings (SSSR count). The maximum atomic E-state index is 13.6. The third-order valence-electron chi connectivity index (χ3n) is 5.97. The molecule has 7 nitrogen and oxygen atoms in total. The quantitative estimate of drug-likeness (QED) is 0.320. The SMILES string of the molecule is Cc1ccc(-c2nnc(C(C)Sc3nnc(CN4CCCCC4)n3-c3ccc(F)cc3)o2)cc1. The van der Waals surface area contributed by atoms with Crippen molar-refractivity contribution in [1.82, 2.24) is 29.9 Å². The van der Waals surface area contributed by atoms with E-state index < -0.39 is 0 Å². The Morgan fingerprint density at radius 1 is 0.941 bits per heavy atom. The first kappa shape index (κ1) is 22.7. The Morgan fingerprint density at radius 2 is 1.68 bits per heavy atom. The second kappa shape index (κ2) is 10.1. The minimum atomic E-state index is -0.272. The molecule has 1 aliphatic rings. The lowest BCUT2D eigenvalue weighted by atomic mass is 10.1. The van der Waals surface area contributed by atoms with Gasteiger partial charge in [0.25, 0.3) is 0 Å². The van der Waals surface area contributed by atoms with Crippen molar-refractivity contribution in [3.63, 3.8) is 0 Å². The van der Waals surface area contributed by atoms with E-state index in [9.17, 15) is 4.39 Å². The highest BCUT2D eigenvalue weighted by atomic mass is 32.2. The normalized spacial score (nSPS) is 15.5. The first-order valence-electron chi connectivity index (χ1n) is 11.6. The summed E-state index contributed by atoms with van der Waals surface area (Å²) in [5.74, 6) is 1.58. The number of halogens is 1. The van der Waals surface area contributed by atoms with Crippen molar-refractivity contribution in [1.29, 1.82) is 0 Å². The summed E-state index contributed by atoms with van der Waals surface area (Å²) in [7, 11) is 0. The van der Waals surface area contributed by atoms with Gasteiger partial charge in [0.15, 0.2) is 11.0 Å². The van der Waals surface area contributed by atoms with Gasteiger partial charge in [0.1, 0.15) is 5.82 Å². The van der Waals surface area contributed by atoms with E-state index in [0.29, 0.717) is 23.5 Å². The molecule has 1 atom stereocenters. The fourth-order valence-corrected chi connectivity index (χ4v) is 4.98. The predicted molar refractivity (Wildman–Crippen MR) is 129 cm³/mol. The Bertz CT molecular complexity index is 1230. The van der Waals surface area contributed by atoms with Gasteiger partial charge in [-0.1, -0.05) is 35.9 Å². The van der Waals surface area contributed by atoms with Crippen LogP contribution in [0.5, 0.6) is 0 Å². The molecule has 0 N–H and O–H groups in total. The van der Waals surface area contributed by atoms with Crippen LogP contribution in [0.3, 0.4) is 0 Å². The number of aryl methyl sites for hydroxylation is 1. The van der Waals surface area contributed by atoms with Crippen molar-refractivity contribution in [3.8, 4) is 17.1 Å². The van der Waals surface area contributed by atoms with Crippen LogP contribution in [0.4, 0.5) is 4.39 Å². The lowest BCUT2D eigenvalue weighted by Crippen LogP contribution is -2.30. The number of nitrogens with zero attached hydrogens (tertiary/aromatic N) is 6. The van der Waals surface area contributed by atoms with Gasteiger partial charge in [-0.2, -0.15) is 0 Å². The third kappa shape index (κ3) is 5.05. The van der Waals surface area contributed by atoms with E-state index >= 15 is 0 Å². The summed E-state index contributed by atoms with van der Waals surface area (Å²) >= 11 is 1.50. The molecule has 3 heterocycles. The molecule has 0 radical (unpaired) electrons. The highest BCUT2D eigenvalue weighted by Gasteiger charge is 2.23. The second-order valence-electron chi connectivity index (χ2n) is 8.62. The van der Waals surface area contributed by atoms with E-state index in [1.165, 1.54) is 48.7 Å². The van der Waals surface area contributed by atoms with Gasteiger partial charge in [0.05, 0.1) is 11.8 Å². The van der Waals surface area contributed by atoms with E-state index in [-0.39, 0.29) is 11.1 Å². The van der Waals surface area contributed by atoms with Crippen molar-refractivity contribution >= 4 is 11.8 Å². The monoisotopic (exact) mass is 478 g/mol. The predicted octanol–water partition coefficient (Wildman–Crippen LogP) is 5.60. The standard InChI is InChI=1S/C25H27FN6OS/c1-17-6-8-19(9-7-17)24-29-28-23(33-24)18(2)34-25-30-27-22(16-31-14-4-3-5-15-31)32(25)21-12-10-20(26)11-13-21/h6-13,18H,3-5,14-16H2,1-2H3. The molecular weight excluding hydrogens is 451 g/mol. The fourth-order valence-electron chi connectivity index (χ4n) is 4.07. The Kier molecular flexibility index (Phi) is 6.73. The van der Waals surface area contributed by atoms with Crippen LogP contribution in [0.15, 0.2) is 58.1 Å². The third-order valence-corrected chi connectivity index (χ3v) is 7.00. The molecule has 1 saturated heterocycles. The molecule has 0 spiro atoms. The lowest BCUT2D eigenvalue weighted by Gasteiger charge is -2.26. The van der Waals surface area contributed by atoms with Crippen molar-refractivity contribution in [2.24, 2.45) is 0 Å². The van der Waals surface area contributed by atoms with Gasteiger partial charge in [0, 0.05) is 11.3 Å². The zero-order valence-electron chi connectivity index (χ0n) is 19.3. The highest BCUT2D eigenvalue weighted by Crippen LogP contribution is 2.36. The number of thioether (sulfide) groups is 1. The molecule has 176 valence electrons. The van der Waals surface area contributed by atoms with Crippen LogP contribution in [0.2, 0.25) is 0 Å². The Balaban J connectivity index is 1.40. The average Bonchev–Trinajstić information content (AvgIpc) is 3.49. The topological polar surface area (TPSA) is 72.9 Å². The van der Waals surface area contributed by atoms with E-state index in [1.807, 2.05) is 42.7 Å². The van der Waals surface area contributed by atoms with E-state index in [1.54, 1.807) is 12.1 Å². The van der Waals surface area contributed by atoms with Crippen molar-refractivity contribution in [2.75, 3.05) is 13.1 Å². The van der Waals surface area contributed by atoms with Gasteiger partial charge in [-0.05, 0) is 76.2 Å². The summed E-state index contributed by atoms with van der Waals surface area (Å²) in [5.41, 5.74) is 2.90. The molecule has 1 unspecified atom stereocenters. The molecule has 34 heavy (non-hydrogen) atoms. The van der Waals surface area contributed by atoms with E-state index in [2.05, 4.69) is 25.3 Å². The zero-order valence-corrected chi connectivity index (χ0v) is 20.1.